The van der Waals surface area contributed by atoms with Gasteiger partial charge in [-0.15, -0.1) is 0 Å². The average molecular weight is 230 g/mol. The van der Waals surface area contributed by atoms with Crippen molar-refractivity contribution < 1.29 is 4.74 Å². The van der Waals surface area contributed by atoms with Gasteiger partial charge in [-0.05, 0) is 25.1 Å². The van der Waals surface area contributed by atoms with Crippen LogP contribution in [0, 0.1) is 11.3 Å². The number of nitriles is 1. The van der Waals surface area contributed by atoms with Gasteiger partial charge in [-0.25, -0.2) is 4.98 Å². The molecule has 1 heterocycles. The third-order valence-electron chi connectivity index (χ3n) is 2.57. The molecule has 2 aromatic rings. The molecule has 2 N–H and O–H groups in total. The molecule has 0 radical (unpaired) electrons. The molecule has 88 valence electrons. The number of anilines is 1. The number of aromatic nitrogens is 2. The zero-order valence-electron chi connectivity index (χ0n) is 9.68. The molecule has 17 heavy (non-hydrogen) atoms. The van der Waals surface area contributed by atoms with Crippen LogP contribution in [0.1, 0.15) is 12.5 Å². The highest BCUT2D eigenvalue weighted by Gasteiger charge is 2.08. The maximum Gasteiger partial charge on any atom is 0.201 e. The van der Waals surface area contributed by atoms with Gasteiger partial charge in [0.15, 0.2) is 0 Å². The van der Waals surface area contributed by atoms with Gasteiger partial charge in [0, 0.05) is 13.2 Å². The van der Waals surface area contributed by atoms with E-state index in [1.165, 1.54) is 0 Å². The Morgan fingerprint density at radius 2 is 2.35 bits per heavy atom. The van der Waals surface area contributed by atoms with Gasteiger partial charge in [0.2, 0.25) is 5.95 Å². The standard InChI is InChI=1S/C12H14N4O/c1-2-17-6-5-16-11-7-9(8-13)3-4-10(11)15-12(16)14/h3-4,7H,2,5-6H2,1H3,(H2,14,15). The van der Waals surface area contributed by atoms with Crippen LogP contribution >= 0.6 is 0 Å². The summed E-state index contributed by atoms with van der Waals surface area (Å²) in [6.07, 6.45) is 0. The van der Waals surface area contributed by atoms with Crippen LogP contribution in [0.15, 0.2) is 18.2 Å². The highest BCUT2D eigenvalue weighted by atomic mass is 16.5. The minimum absolute atomic E-state index is 0.454. The topological polar surface area (TPSA) is 76.9 Å². The van der Waals surface area contributed by atoms with Crippen molar-refractivity contribution in [1.82, 2.24) is 9.55 Å². The van der Waals surface area contributed by atoms with Crippen molar-refractivity contribution in [2.75, 3.05) is 18.9 Å². The Balaban J connectivity index is 2.39. The van der Waals surface area contributed by atoms with Gasteiger partial charge in [0.25, 0.3) is 0 Å². The molecule has 0 saturated carbocycles. The van der Waals surface area contributed by atoms with E-state index in [-0.39, 0.29) is 0 Å². The van der Waals surface area contributed by atoms with Gasteiger partial charge in [-0.2, -0.15) is 5.26 Å². The van der Waals surface area contributed by atoms with Gasteiger partial charge in [-0.1, -0.05) is 0 Å². The number of benzene rings is 1. The van der Waals surface area contributed by atoms with Crippen molar-refractivity contribution in [2.24, 2.45) is 0 Å². The number of hydrogen-bond donors (Lipinski definition) is 1. The minimum Gasteiger partial charge on any atom is -0.380 e. The van der Waals surface area contributed by atoms with E-state index < -0.39 is 0 Å². The molecule has 2 rings (SSSR count). The second-order valence-electron chi connectivity index (χ2n) is 3.63. The fourth-order valence-electron chi connectivity index (χ4n) is 1.75. The quantitative estimate of drug-likeness (QED) is 0.808. The lowest BCUT2D eigenvalue weighted by molar-refractivity contribution is 0.140. The zero-order valence-corrected chi connectivity index (χ0v) is 9.68. The van der Waals surface area contributed by atoms with E-state index >= 15 is 0 Å². The van der Waals surface area contributed by atoms with Crippen LogP contribution in [0.25, 0.3) is 11.0 Å². The number of hydrogen-bond acceptors (Lipinski definition) is 4. The van der Waals surface area contributed by atoms with Crippen LogP contribution in [0.3, 0.4) is 0 Å². The summed E-state index contributed by atoms with van der Waals surface area (Å²) < 4.78 is 7.17. The monoisotopic (exact) mass is 230 g/mol. The molecule has 0 atom stereocenters. The van der Waals surface area contributed by atoms with Gasteiger partial charge in [0.1, 0.15) is 0 Å². The third kappa shape index (κ3) is 2.22. The van der Waals surface area contributed by atoms with Crippen molar-refractivity contribution in [3.8, 4) is 6.07 Å². The lowest BCUT2D eigenvalue weighted by Gasteiger charge is -2.06. The van der Waals surface area contributed by atoms with Crippen LogP contribution in [0.2, 0.25) is 0 Å². The minimum atomic E-state index is 0.454. The van der Waals surface area contributed by atoms with Gasteiger partial charge in [0.05, 0.1) is 29.3 Å². The van der Waals surface area contributed by atoms with E-state index in [2.05, 4.69) is 11.1 Å². The second kappa shape index (κ2) is 4.85. The summed E-state index contributed by atoms with van der Waals surface area (Å²) in [4.78, 5) is 4.24. The van der Waals surface area contributed by atoms with Crippen LogP contribution in [0.5, 0.6) is 0 Å². The summed E-state index contributed by atoms with van der Waals surface area (Å²) in [6, 6.07) is 7.45. The van der Waals surface area contributed by atoms with E-state index in [1.54, 1.807) is 18.2 Å². The predicted molar refractivity (Wildman–Crippen MR) is 65.4 cm³/mol. The summed E-state index contributed by atoms with van der Waals surface area (Å²) in [5.74, 6) is 0.454. The maximum atomic E-state index is 8.87. The maximum absolute atomic E-state index is 8.87. The number of imidazole rings is 1. The number of nitrogens with zero attached hydrogens (tertiary/aromatic N) is 3. The Labute approximate surface area is 99.4 Å². The summed E-state index contributed by atoms with van der Waals surface area (Å²) in [5.41, 5.74) is 8.13. The lowest BCUT2D eigenvalue weighted by atomic mass is 10.2. The van der Waals surface area contributed by atoms with E-state index in [1.807, 2.05) is 11.5 Å². The zero-order chi connectivity index (χ0) is 12.3. The van der Waals surface area contributed by atoms with Gasteiger partial charge >= 0.3 is 0 Å². The molecule has 1 aromatic carbocycles. The Bertz CT molecular complexity index is 568. The van der Waals surface area contributed by atoms with Crippen molar-refractivity contribution in [3.05, 3.63) is 23.8 Å². The molecule has 0 fully saturated rings. The fraction of sp³-hybridized carbons (Fsp3) is 0.333. The Kier molecular flexibility index (Phi) is 3.26. The first-order valence-electron chi connectivity index (χ1n) is 5.50. The highest BCUT2D eigenvalue weighted by Crippen LogP contribution is 2.19. The molecule has 0 spiro atoms. The smallest absolute Gasteiger partial charge is 0.201 e. The van der Waals surface area contributed by atoms with Crippen LogP contribution in [-0.4, -0.2) is 22.8 Å². The molecule has 0 aliphatic heterocycles. The molecule has 0 aliphatic carbocycles. The molecule has 5 nitrogen and oxygen atoms in total. The highest BCUT2D eigenvalue weighted by molar-refractivity contribution is 5.79. The Morgan fingerprint density at radius 3 is 3.06 bits per heavy atom. The fourth-order valence-corrected chi connectivity index (χ4v) is 1.75. The van der Waals surface area contributed by atoms with Crippen molar-refractivity contribution in [3.63, 3.8) is 0 Å². The number of rotatable bonds is 4. The first-order valence-corrected chi connectivity index (χ1v) is 5.50. The normalized spacial score (nSPS) is 10.6. The van der Waals surface area contributed by atoms with Crippen LogP contribution in [0.4, 0.5) is 5.95 Å². The van der Waals surface area contributed by atoms with E-state index in [0.29, 0.717) is 31.3 Å². The molecular weight excluding hydrogens is 216 g/mol. The Morgan fingerprint density at radius 1 is 1.53 bits per heavy atom. The van der Waals surface area contributed by atoms with Crippen molar-refractivity contribution in [1.29, 1.82) is 5.26 Å². The summed E-state index contributed by atoms with van der Waals surface area (Å²) in [7, 11) is 0. The van der Waals surface area contributed by atoms with Crippen molar-refractivity contribution in [2.45, 2.75) is 13.5 Å². The summed E-state index contributed by atoms with van der Waals surface area (Å²) in [5, 5.41) is 8.87. The lowest BCUT2D eigenvalue weighted by Crippen LogP contribution is -2.08. The molecular formula is C12H14N4O. The van der Waals surface area contributed by atoms with E-state index in [9.17, 15) is 0 Å². The summed E-state index contributed by atoms with van der Waals surface area (Å²) in [6.45, 7) is 3.85. The molecule has 0 bridgehead atoms. The van der Waals surface area contributed by atoms with Gasteiger partial charge < -0.3 is 15.0 Å². The van der Waals surface area contributed by atoms with Crippen LogP contribution < -0.4 is 5.73 Å². The molecule has 0 amide bonds. The van der Waals surface area contributed by atoms with Crippen molar-refractivity contribution >= 4 is 17.0 Å². The first-order chi connectivity index (χ1) is 8.26. The van der Waals surface area contributed by atoms with E-state index in [4.69, 9.17) is 15.7 Å². The first kappa shape index (κ1) is 11.4. The van der Waals surface area contributed by atoms with E-state index in [0.717, 1.165) is 11.0 Å². The second-order valence-corrected chi connectivity index (χ2v) is 3.63. The molecule has 0 unspecified atom stereocenters. The molecule has 0 saturated heterocycles. The van der Waals surface area contributed by atoms with Gasteiger partial charge in [-0.3, -0.25) is 0 Å². The third-order valence-corrected chi connectivity index (χ3v) is 2.57. The number of nitrogen functional groups attached to an aromatic ring is 1. The molecule has 1 aromatic heterocycles. The molecule has 0 aliphatic rings. The SMILES string of the molecule is CCOCCn1c(N)nc2ccc(C#N)cc21. The summed E-state index contributed by atoms with van der Waals surface area (Å²) >= 11 is 0. The largest absolute Gasteiger partial charge is 0.380 e. The Hall–Kier alpha value is -2.06. The van der Waals surface area contributed by atoms with Crippen LogP contribution in [-0.2, 0) is 11.3 Å². The number of nitrogens with two attached hydrogens (primary N) is 1. The molecule has 5 heteroatoms. The number of ether oxygens (including phenoxy) is 1. The predicted octanol–water partition coefficient (Wildman–Crippen LogP) is 1.53. The number of fused-ring (bicyclic) bond motifs is 1. The average Bonchev–Trinajstić information content (AvgIpc) is 2.65.